The summed E-state index contributed by atoms with van der Waals surface area (Å²) in [6.07, 6.45) is 2.49. The largest absolute Gasteiger partial charge is 0.372 e. The lowest BCUT2D eigenvalue weighted by Crippen LogP contribution is -2.17. The topological polar surface area (TPSA) is 89.1 Å². The number of aromatic nitrogens is 3. The zero-order valence-corrected chi connectivity index (χ0v) is 15.2. The van der Waals surface area contributed by atoms with Crippen LogP contribution in [-0.2, 0) is 0 Å². The van der Waals surface area contributed by atoms with E-state index in [4.69, 9.17) is 5.73 Å². The molecule has 0 bridgehead atoms. The number of hydrogen-bond donors (Lipinski definition) is 2. The van der Waals surface area contributed by atoms with E-state index < -0.39 is 0 Å². The molecule has 138 valence electrons. The summed E-state index contributed by atoms with van der Waals surface area (Å²) in [4.78, 5) is 19.1. The minimum absolute atomic E-state index is 0.0526. The van der Waals surface area contributed by atoms with E-state index in [2.05, 4.69) is 32.4 Å². The molecule has 1 aliphatic rings. The van der Waals surface area contributed by atoms with Gasteiger partial charge in [0.15, 0.2) is 0 Å². The van der Waals surface area contributed by atoms with E-state index in [1.807, 2.05) is 31.2 Å². The number of benzene rings is 2. The zero-order chi connectivity index (χ0) is 18.8. The van der Waals surface area contributed by atoms with Crippen LogP contribution in [0.1, 0.15) is 28.8 Å². The van der Waals surface area contributed by atoms with Crippen molar-refractivity contribution in [3.8, 4) is 0 Å². The maximum absolute atomic E-state index is 12.6. The van der Waals surface area contributed by atoms with Gasteiger partial charge in [0, 0.05) is 30.0 Å². The summed E-state index contributed by atoms with van der Waals surface area (Å²) < 4.78 is 1.12. The summed E-state index contributed by atoms with van der Waals surface area (Å²) >= 11 is 0. The van der Waals surface area contributed by atoms with Crippen LogP contribution in [0.2, 0.25) is 0 Å². The van der Waals surface area contributed by atoms with E-state index in [0.717, 1.165) is 29.0 Å². The van der Waals surface area contributed by atoms with E-state index in [1.54, 1.807) is 12.1 Å². The Kier molecular flexibility index (Phi) is 4.50. The van der Waals surface area contributed by atoms with Gasteiger partial charge in [-0.2, -0.15) is 9.67 Å². The molecule has 0 saturated carbocycles. The number of nitrogens with zero attached hydrogens (tertiary/aromatic N) is 4. The normalized spacial score (nSPS) is 13.7. The quantitative estimate of drug-likeness (QED) is 0.741. The van der Waals surface area contributed by atoms with Gasteiger partial charge in [0.2, 0.25) is 11.9 Å². The molecule has 3 aromatic rings. The molecule has 7 nitrogen and oxygen atoms in total. The number of aryl methyl sites for hydroxylation is 1. The van der Waals surface area contributed by atoms with Gasteiger partial charge < -0.3 is 16.0 Å². The van der Waals surface area contributed by atoms with Gasteiger partial charge in [-0.3, -0.25) is 4.79 Å². The van der Waals surface area contributed by atoms with Crippen LogP contribution in [-0.4, -0.2) is 33.8 Å². The third-order valence-corrected chi connectivity index (χ3v) is 4.72. The van der Waals surface area contributed by atoms with Crippen molar-refractivity contribution in [2.24, 2.45) is 0 Å². The minimum atomic E-state index is -0.308. The van der Waals surface area contributed by atoms with Crippen molar-refractivity contribution in [3.05, 3.63) is 59.7 Å². The van der Waals surface area contributed by atoms with Crippen molar-refractivity contribution in [2.75, 3.05) is 29.0 Å². The van der Waals surface area contributed by atoms with E-state index in [9.17, 15) is 4.79 Å². The molecule has 1 aliphatic heterocycles. The standard InChI is InChI=1S/C20H22N6O/c1-14-4-6-15(7-5-14)18(27)26-19(21)23-20(24-26)22-16-8-10-17(11-9-16)25-12-2-3-13-25/h4-11H,2-3,12-13H2,1H3,(H3,21,22,23,24). The predicted molar refractivity (Wildman–Crippen MR) is 107 cm³/mol. The third-order valence-electron chi connectivity index (χ3n) is 4.72. The second-order valence-electron chi connectivity index (χ2n) is 6.74. The van der Waals surface area contributed by atoms with Gasteiger partial charge in [-0.05, 0) is 56.2 Å². The molecular weight excluding hydrogens is 340 g/mol. The highest BCUT2D eigenvalue weighted by molar-refractivity contribution is 5.96. The first-order chi connectivity index (χ1) is 13.1. The van der Waals surface area contributed by atoms with Crippen LogP contribution in [0, 0.1) is 6.92 Å². The lowest BCUT2D eigenvalue weighted by molar-refractivity contribution is 0.0948. The van der Waals surface area contributed by atoms with Crippen LogP contribution >= 0.6 is 0 Å². The molecule has 1 aromatic heterocycles. The van der Waals surface area contributed by atoms with Gasteiger partial charge >= 0.3 is 0 Å². The van der Waals surface area contributed by atoms with Crippen molar-refractivity contribution in [1.29, 1.82) is 0 Å². The highest BCUT2D eigenvalue weighted by Crippen LogP contribution is 2.23. The highest BCUT2D eigenvalue weighted by atomic mass is 16.2. The van der Waals surface area contributed by atoms with Crippen LogP contribution in [0.25, 0.3) is 0 Å². The lowest BCUT2D eigenvalue weighted by Gasteiger charge is -2.17. The maximum Gasteiger partial charge on any atom is 0.281 e. The summed E-state index contributed by atoms with van der Waals surface area (Å²) in [5.41, 5.74) is 9.54. The fourth-order valence-corrected chi connectivity index (χ4v) is 3.21. The molecule has 0 atom stereocenters. The Bertz CT molecular complexity index is 940. The van der Waals surface area contributed by atoms with Gasteiger partial charge in [0.1, 0.15) is 0 Å². The molecule has 0 radical (unpaired) electrons. The van der Waals surface area contributed by atoms with E-state index in [-0.39, 0.29) is 11.9 Å². The average molecular weight is 362 g/mol. The fraction of sp³-hybridized carbons (Fsp3) is 0.250. The van der Waals surface area contributed by atoms with Crippen molar-refractivity contribution in [2.45, 2.75) is 19.8 Å². The van der Waals surface area contributed by atoms with Gasteiger partial charge in [-0.1, -0.05) is 17.7 Å². The number of nitrogen functional groups attached to an aromatic ring is 1. The van der Waals surface area contributed by atoms with Crippen LogP contribution in [0.5, 0.6) is 0 Å². The minimum Gasteiger partial charge on any atom is -0.372 e. The molecule has 0 amide bonds. The van der Waals surface area contributed by atoms with E-state index in [1.165, 1.54) is 18.5 Å². The first-order valence-corrected chi connectivity index (χ1v) is 9.06. The number of anilines is 4. The number of nitrogens with one attached hydrogen (secondary N) is 1. The maximum atomic E-state index is 12.6. The van der Waals surface area contributed by atoms with Crippen molar-refractivity contribution >= 4 is 29.2 Å². The molecular formula is C20H22N6O. The second-order valence-corrected chi connectivity index (χ2v) is 6.74. The summed E-state index contributed by atoms with van der Waals surface area (Å²) in [5.74, 6) is 0.0380. The average Bonchev–Trinajstić information content (AvgIpc) is 3.32. The highest BCUT2D eigenvalue weighted by Gasteiger charge is 2.16. The molecule has 1 saturated heterocycles. The SMILES string of the molecule is Cc1ccc(C(=O)n2nc(Nc3ccc(N4CCCC4)cc3)nc2N)cc1. The Morgan fingerprint density at radius 2 is 1.70 bits per heavy atom. The predicted octanol–water partition coefficient (Wildman–Crippen LogP) is 3.20. The Morgan fingerprint density at radius 3 is 2.37 bits per heavy atom. The van der Waals surface area contributed by atoms with Crippen LogP contribution < -0.4 is 16.0 Å². The van der Waals surface area contributed by atoms with Crippen molar-refractivity contribution in [1.82, 2.24) is 14.8 Å². The fourth-order valence-electron chi connectivity index (χ4n) is 3.21. The first kappa shape index (κ1) is 17.1. The summed E-state index contributed by atoms with van der Waals surface area (Å²) in [7, 11) is 0. The number of carbonyl (C=O) groups excluding carboxylic acids is 1. The van der Waals surface area contributed by atoms with Crippen molar-refractivity contribution in [3.63, 3.8) is 0 Å². The Hall–Kier alpha value is -3.35. The number of nitrogens with two attached hydrogens (primary N) is 1. The lowest BCUT2D eigenvalue weighted by atomic mass is 10.1. The first-order valence-electron chi connectivity index (χ1n) is 9.06. The molecule has 0 aliphatic carbocycles. The number of carbonyl (C=O) groups is 1. The molecule has 2 heterocycles. The summed E-state index contributed by atoms with van der Waals surface area (Å²) in [6.45, 7) is 4.18. The van der Waals surface area contributed by atoms with E-state index >= 15 is 0 Å². The third kappa shape index (κ3) is 3.62. The van der Waals surface area contributed by atoms with Gasteiger partial charge in [-0.15, -0.1) is 5.10 Å². The van der Waals surface area contributed by atoms with Crippen LogP contribution in [0.4, 0.5) is 23.3 Å². The van der Waals surface area contributed by atoms with Gasteiger partial charge in [-0.25, -0.2) is 0 Å². The summed E-state index contributed by atoms with van der Waals surface area (Å²) in [5, 5.41) is 7.32. The molecule has 1 fully saturated rings. The molecule has 7 heteroatoms. The molecule has 27 heavy (non-hydrogen) atoms. The molecule has 0 spiro atoms. The van der Waals surface area contributed by atoms with Gasteiger partial charge in [0.05, 0.1) is 0 Å². The second kappa shape index (κ2) is 7.11. The van der Waals surface area contributed by atoms with E-state index in [0.29, 0.717) is 11.5 Å². The number of hydrogen-bond acceptors (Lipinski definition) is 6. The Morgan fingerprint density at radius 1 is 1.04 bits per heavy atom. The molecule has 3 N–H and O–H groups in total. The Labute approximate surface area is 157 Å². The monoisotopic (exact) mass is 362 g/mol. The molecule has 2 aromatic carbocycles. The summed E-state index contributed by atoms with van der Waals surface area (Å²) in [6, 6.07) is 15.4. The molecule has 0 unspecified atom stereocenters. The van der Waals surface area contributed by atoms with Gasteiger partial charge in [0.25, 0.3) is 5.91 Å². The number of rotatable bonds is 4. The smallest absolute Gasteiger partial charge is 0.281 e. The van der Waals surface area contributed by atoms with Crippen LogP contribution in [0.15, 0.2) is 48.5 Å². The van der Waals surface area contributed by atoms with Crippen LogP contribution in [0.3, 0.4) is 0 Å². The molecule has 4 rings (SSSR count). The zero-order valence-electron chi connectivity index (χ0n) is 15.2. The Balaban J connectivity index is 1.49. The van der Waals surface area contributed by atoms with Crippen molar-refractivity contribution < 1.29 is 4.79 Å².